The summed E-state index contributed by atoms with van der Waals surface area (Å²) in [7, 11) is -5.70. The Labute approximate surface area is 130 Å². The zero-order chi connectivity index (χ0) is 18.2. The molecule has 4 nitrogen and oxygen atoms in total. The van der Waals surface area contributed by atoms with Gasteiger partial charge in [-0.25, -0.2) is 4.72 Å². The highest BCUT2D eigenvalue weighted by atomic mass is 32.2. The van der Waals surface area contributed by atoms with Gasteiger partial charge in [0.15, 0.2) is 0 Å². The summed E-state index contributed by atoms with van der Waals surface area (Å²) in [6, 6.07) is 0. The summed E-state index contributed by atoms with van der Waals surface area (Å²) < 4.78 is 61.1. The number of halogens is 3. The maximum atomic E-state index is 12.5. The van der Waals surface area contributed by atoms with Gasteiger partial charge in [0.2, 0.25) is 5.91 Å². The van der Waals surface area contributed by atoms with Crippen LogP contribution in [0.1, 0.15) is 61.3 Å². The molecule has 0 saturated carbocycles. The van der Waals surface area contributed by atoms with Crippen LogP contribution in [0.3, 0.4) is 0 Å². The van der Waals surface area contributed by atoms with Gasteiger partial charge < -0.3 is 0 Å². The maximum Gasteiger partial charge on any atom is 0.516 e. The zero-order valence-electron chi connectivity index (χ0n) is 14.2. The van der Waals surface area contributed by atoms with Crippen LogP contribution in [0.15, 0.2) is 0 Å². The van der Waals surface area contributed by atoms with Gasteiger partial charge in [0, 0.05) is 0 Å². The number of hydrogen-bond donors (Lipinski definition) is 1. The van der Waals surface area contributed by atoms with Crippen molar-refractivity contribution in [3.05, 3.63) is 0 Å². The van der Waals surface area contributed by atoms with Crippen LogP contribution in [-0.2, 0) is 14.8 Å². The largest absolute Gasteiger partial charge is 0.516 e. The molecule has 0 bridgehead atoms. The van der Waals surface area contributed by atoms with Crippen LogP contribution in [0.25, 0.3) is 0 Å². The monoisotopic (exact) mass is 345 g/mol. The number of alkyl halides is 3. The van der Waals surface area contributed by atoms with E-state index in [1.165, 1.54) is 11.6 Å². The van der Waals surface area contributed by atoms with Gasteiger partial charge in [-0.05, 0) is 17.3 Å². The van der Waals surface area contributed by atoms with Crippen molar-refractivity contribution in [3.63, 3.8) is 0 Å². The minimum absolute atomic E-state index is 0.263. The van der Waals surface area contributed by atoms with Crippen molar-refractivity contribution in [2.45, 2.75) is 66.8 Å². The molecule has 0 radical (unpaired) electrons. The van der Waals surface area contributed by atoms with E-state index in [-0.39, 0.29) is 11.8 Å². The van der Waals surface area contributed by atoms with E-state index in [1.807, 2.05) is 20.8 Å². The van der Waals surface area contributed by atoms with Crippen LogP contribution < -0.4 is 4.72 Å². The third kappa shape index (κ3) is 4.60. The summed E-state index contributed by atoms with van der Waals surface area (Å²) >= 11 is 0. The SMILES string of the molecule is CCC(C)(C)CC(C)(C(=O)NS(=O)(=O)C(F)(F)F)C(C)(C)C. The van der Waals surface area contributed by atoms with Crippen molar-refractivity contribution >= 4 is 15.9 Å². The molecule has 0 aliphatic rings. The first-order chi connectivity index (χ1) is 9.40. The van der Waals surface area contributed by atoms with Crippen LogP contribution in [0.5, 0.6) is 0 Å². The lowest BCUT2D eigenvalue weighted by Gasteiger charge is -2.44. The molecular weight excluding hydrogens is 319 g/mol. The van der Waals surface area contributed by atoms with E-state index >= 15 is 0 Å². The van der Waals surface area contributed by atoms with Crippen molar-refractivity contribution in [1.29, 1.82) is 0 Å². The van der Waals surface area contributed by atoms with Crippen molar-refractivity contribution in [1.82, 2.24) is 4.72 Å². The fourth-order valence-corrected chi connectivity index (χ4v) is 2.65. The van der Waals surface area contributed by atoms with E-state index in [4.69, 9.17) is 0 Å². The number of amides is 1. The summed E-state index contributed by atoms with van der Waals surface area (Å²) in [6.07, 6.45) is 0.969. The molecule has 1 atom stereocenters. The van der Waals surface area contributed by atoms with Crippen molar-refractivity contribution in [2.75, 3.05) is 0 Å². The zero-order valence-corrected chi connectivity index (χ0v) is 15.0. The Hall–Kier alpha value is -0.790. The Bertz CT molecular complexity index is 518. The molecule has 1 unspecified atom stereocenters. The lowest BCUT2D eigenvalue weighted by molar-refractivity contribution is -0.137. The second-order valence-corrected chi connectivity index (χ2v) is 9.33. The third-order valence-corrected chi connectivity index (χ3v) is 5.54. The number of carbonyl (C=O) groups excluding carboxylic acids is 1. The van der Waals surface area contributed by atoms with E-state index < -0.39 is 32.3 Å². The fourth-order valence-electron chi connectivity index (χ4n) is 2.06. The average molecular weight is 345 g/mol. The standard InChI is InChI=1S/C14H26F3NO3S/c1-8-12(5,6)9-13(7,11(2,3)4)10(19)18-22(20,21)14(15,16)17/h8-9H2,1-7H3,(H,18,19). The molecule has 0 aromatic heterocycles. The first-order valence-electron chi connectivity index (χ1n) is 7.03. The predicted octanol–water partition coefficient (Wildman–Crippen LogP) is 3.83. The second-order valence-electron chi connectivity index (χ2n) is 7.66. The lowest BCUT2D eigenvalue weighted by atomic mass is 9.60. The van der Waals surface area contributed by atoms with Gasteiger partial charge in [-0.1, -0.05) is 54.9 Å². The van der Waals surface area contributed by atoms with E-state index in [0.717, 1.165) is 0 Å². The molecule has 0 aliphatic carbocycles. The molecular formula is C14H26F3NO3S. The van der Waals surface area contributed by atoms with Crippen LogP contribution in [-0.4, -0.2) is 19.8 Å². The van der Waals surface area contributed by atoms with Gasteiger partial charge in [0.05, 0.1) is 5.41 Å². The summed E-state index contributed by atoms with van der Waals surface area (Å²) in [5, 5.41) is 0. The highest BCUT2D eigenvalue weighted by Crippen LogP contribution is 2.48. The summed E-state index contributed by atoms with van der Waals surface area (Å²) in [4.78, 5) is 12.4. The minimum Gasteiger partial charge on any atom is -0.273 e. The number of nitrogens with one attached hydrogen (secondary N) is 1. The third-order valence-electron chi connectivity index (χ3n) is 4.48. The summed E-state index contributed by atoms with van der Waals surface area (Å²) in [6.45, 7) is 12.3. The molecule has 0 aliphatic heterocycles. The summed E-state index contributed by atoms with van der Waals surface area (Å²) in [5.74, 6) is -1.13. The second kappa shape index (κ2) is 6.02. The van der Waals surface area contributed by atoms with Gasteiger partial charge in [0.1, 0.15) is 0 Å². The van der Waals surface area contributed by atoms with Gasteiger partial charge in [-0.3, -0.25) is 4.79 Å². The highest BCUT2D eigenvalue weighted by molar-refractivity contribution is 7.90. The van der Waals surface area contributed by atoms with E-state index in [9.17, 15) is 26.4 Å². The Kier molecular flexibility index (Phi) is 5.80. The van der Waals surface area contributed by atoms with Crippen molar-refractivity contribution in [3.8, 4) is 0 Å². The van der Waals surface area contributed by atoms with Gasteiger partial charge in [0.25, 0.3) is 0 Å². The smallest absolute Gasteiger partial charge is 0.273 e. The van der Waals surface area contributed by atoms with E-state index in [2.05, 4.69) is 0 Å². The lowest BCUT2D eigenvalue weighted by Crippen LogP contribution is -2.53. The number of sulfonamides is 1. The topological polar surface area (TPSA) is 63.2 Å². The molecule has 8 heteroatoms. The average Bonchev–Trinajstić information content (AvgIpc) is 2.24. The molecule has 132 valence electrons. The first-order valence-corrected chi connectivity index (χ1v) is 8.51. The predicted molar refractivity (Wildman–Crippen MR) is 79.4 cm³/mol. The molecule has 0 fully saturated rings. The molecule has 0 heterocycles. The Morgan fingerprint density at radius 2 is 1.41 bits per heavy atom. The molecule has 0 aromatic rings. The number of carbonyl (C=O) groups is 1. The van der Waals surface area contributed by atoms with Crippen molar-refractivity contribution < 1.29 is 26.4 Å². The van der Waals surface area contributed by atoms with E-state index in [0.29, 0.717) is 6.42 Å². The van der Waals surface area contributed by atoms with Crippen LogP contribution in [0.2, 0.25) is 0 Å². The van der Waals surface area contributed by atoms with Crippen LogP contribution >= 0.6 is 0 Å². The Balaban J connectivity index is 5.72. The molecule has 0 rings (SSSR count). The molecule has 0 saturated heterocycles. The van der Waals surface area contributed by atoms with Crippen LogP contribution in [0.4, 0.5) is 13.2 Å². The maximum absolute atomic E-state index is 12.5. The number of rotatable bonds is 5. The molecule has 1 amide bonds. The normalized spacial score (nSPS) is 17.0. The summed E-state index contributed by atoms with van der Waals surface area (Å²) in [5.41, 5.74) is -7.82. The number of hydrogen-bond acceptors (Lipinski definition) is 3. The molecule has 0 spiro atoms. The van der Waals surface area contributed by atoms with Gasteiger partial charge in [-0.2, -0.15) is 21.6 Å². The van der Waals surface area contributed by atoms with Crippen molar-refractivity contribution in [2.24, 2.45) is 16.2 Å². The molecule has 22 heavy (non-hydrogen) atoms. The van der Waals surface area contributed by atoms with Gasteiger partial charge in [-0.15, -0.1) is 0 Å². The first kappa shape index (κ1) is 21.2. The molecule has 1 N–H and O–H groups in total. The van der Waals surface area contributed by atoms with E-state index in [1.54, 1.807) is 20.8 Å². The fraction of sp³-hybridized carbons (Fsp3) is 0.929. The molecule has 0 aromatic carbocycles. The highest BCUT2D eigenvalue weighted by Gasteiger charge is 2.52. The van der Waals surface area contributed by atoms with Crippen LogP contribution in [0, 0.1) is 16.2 Å². The Morgan fingerprint density at radius 3 is 1.68 bits per heavy atom. The Morgan fingerprint density at radius 1 is 1.00 bits per heavy atom. The van der Waals surface area contributed by atoms with Gasteiger partial charge >= 0.3 is 15.5 Å². The quantitative estimate of drug-likeness (QED) is 0.823. The minimum atomic E-state index is -5.70.